The van der Waals surface area contributed by atoms with Crippen molar-refractivity contribution in [2.75, 3.05) is 0 Å². The molecule has 0 saturated carbocycles. The summed E-state index contributed by atoms with van der Waals surface area (Å²) in [5.74, 6) is 0.704. The van der Waals surface area contributed by atoms with Crippen LogP contribution in [0.25, 0.3) is 99.7 Å². The van der Waals surface area contributed by atoms with E-state index < -0.39 is 0 Å². The number of fused-ring (bicyclic) bond motifs is 8. The van der Waals surface area contributed by atoms with Gasteiger partial charge < -0.3 is 9.13 Å². The van der Waals surface area contributed by atoms with Gasteiger partial charge in [-0.3, -0.25) is 0 Å². The van der Waals surface area contributed by atoms with Crippen molar-refractivity contribution >= 4 is 54.4 Å². The second kappa shape index (κ2) is 12.1. The van der Waals surface area contributed by atoms with Gasteiger partial charge in [-0.15, -0.1) is 0 Å². The summed E-state index contributed by atoms with van der Waals surface area (Å²) in [4.78, 5) is 10.4. The molecule has 0 N–H and O–H groups in total. The van der Waals surface area contributed by atoms with Crippen molar-refractivity contribution in [3.8, 4) is 45.3 Å². The Hall–Kier alpha value is -7.30. The lowest BCUT2D eigenvalue weighted by Gasteiger charge is -2.13. The highest BCUT2D eigenvalue weighted by molar-refractivity contribution is 6.26. The highest BCUT2D eigenvalue weighted by Crippen LogP contribution is 2.42. The molecule has 0 aliphatic carbocycles. The van der Waals surface area contributed by atoms with Crippen molar-refractivity contribution in [3.05, 3.63) is 194 Å². The van der Waals surface area contributed by atoms with Crippen LogP contribution in [-0.2, 0) is 0 Å². The van der Waals surface area contributed by atoms with Crippen molar-refractivity contribution in [1.29, 1.82) is 0 Å². The maximum Gasteiger partial charge on any atom is 0.160 e. The molecule has 0 saturated heterocycles. The van der Waals surface area contributed by atoms with Crippen LogP contribution in [0, 0.1) is 0 Å². The van der Waals surface area contributed by atoms with E-state index in [4.69, 9.17) is 9.97 Å². The monoisotopic (exact) mass is 688 g/mol. The fourth-order valence-corrected chi connectivity index (χ4v) is 8.25. The molecule has 11 aromatic rings. The number of aromatic nitrogens is 4. The fourth-order valence-electron chi connectivity index (χ4n) is 8.25. The third-order valence-corrected chi connectivity index (χ3v) is 10.7. The molecule has 54 heavy (non-hydrogen) atoms. The Morgan fingerprint density at radius 2 is 0.963 bits per heavy atom. The SMILES string of the molecule is c1ccc(-c2cc(-c3cccc(-n4c5ccccc5c5c4ccc4c6ccccc6n(-c6ccccc6)c45)c3)nc(-c3ccc4ccccc4c3)n2)cc1. The molecule has 0 fully saturated rings. The van der Waals surface area contributed by atoms with E-state index in [9.17, 15) is 0 Å². The molecule has 0 radical (unpaired) electrons. The minimum absolute atomic E-state index is 0.704. The summed E-state index contributed by atoms with van der Waals surface area (Å²) in [5.41, 5.74) is 11.8. The first kappa shape index (κ1) is 30.3. The van der Waals surface area contributed by atoms with E-state index in [2.05, 4.69) is 197 Å². The Morgan fingerprint density at radius 1 is 0.333 bits per heavy atom. The third-order valence-electron chi connectivity index (χ3n) is 10.7. The van der Waals surface area contributed by atoms with Crippen molar-refractivity contribution in [1.82, 2.24) is 19.1 Å². The molecule has 0 aliphatic heterocycles. The summed E-state index contributed by atoms with van der Waals surface area (Å²) in [6.07, 6.45) is 0. The van der Waals surface area contributed by atoms with Crippen LogP contribution in [0.2, 0.25) is 0 Å². The highest BCUT2D eigenvalue weighted by Gasteiger charge is 2.21. The van der Waals surface area contributed by atoms with Gasteiger partial charge in [-0.05, 0) is 65.4 Å². The van der Waals surface area contributed by atoms with Gasteiger partial charge in [0.1, 0.15) is 0 Å². The van der Waals surface area contributed by atoms with Gasteiger partial charge >= 0.3 is 0 Å². The van der Waals surface area contributed by atoms with Crippen LogP contribution in [0.3, 0.4) is 0 Å². The number of rotatable bonds is 5. The second-order valence-corrected chi connectivity index (χ2v) is 13.8. The molecule has 0 amide bonds. The van der Waals surface area contributed by atoms with Gasteiger partial charge in [-0.25, -0.2) is 9.97 Å². The van der Waals surface area contributed by atoms with E-state index in [0.29, 0.717) is 5.82 Å². The van der Waals surface area contributed by atoms with Gasteiger partial charge in [0.25, 0.3) is 0 Å². The number of para-hydroxylation sites is 3. The summed E-state index contributed by atoms with van der Waals surface area (Å²) in [6.45, 7) is 0. The van der Waals surface area contributed by atoms with E-state index in [1.807, 2.05) is 6.07 Å². The average molecular weight is 689 g/mol. The van der Waals surface area contributed by atoms with Crippen LogP contribution in [0.1, 0.15) is 0 Å². The Morgan fingerprint density at radius 3 is 1.78 bits per heavy atom. The summed E-state index contributed by atoms with van der Waals surface area (Å²) in [6, 6.07) is 69.0. The van der Waals surface area contributed by atoms with Gasteiger partial charge in [0.2, 0.25) is 0 Å². The third kappa shape index (κ3) is 4.78. The highest BCUT2D eigenvalue weighted by atomic mass is 15.0. The number of hydrogen-bond donors (Lipinski definition) is 0. The molecule has 3 heterocycles. The molecule has 3 aromatic heterocycles. The molecule has 0 spiro atoms. The van der Waals surface area contributed by atoms with Crippen molar-refractivity contribution in [3.63, 3.8) is 0 Å². The van der Waals surface area contributed by atoms with E-state index in [1.165, 1.54) is 43.4 Å². The largest absolute Gasteiger partial charge is 0.309 e. The first-order chi connectivity index (χ1) is 26.8. The molecular weight excluding hydrogens is 657 g/mol. The van der Waals surface area contributed by atoms with Crippen LogP contribution < -0.4 is 0 Å². The lowest BCUT2D eigenvalue weighted by Crippen LogP contribution is -1.98. The van der Waals surface area contributed by atoms with Crippen molar-refractivity contribution in [2.24, 2.45) is 0 Å². The van der Waals surface area contributed by atoms with Crippen LogP contribution in [0.15, 0.2) is 194 Å². The Balaban J connectivity index is 1.15. The molecule has 0 unspecified atom stereocenters. The molecule has 11 rings (SSSR count). The predicted molar refractivity (Wildman–Crippen MR) is 225 cm³/mol. The van der Waals surface area contributed by atoms with Crippen molar-refractivity contribution in [2.45, 2.75) is 0 Å². The van der Waals surface area contributed by atoms with Crippen LogP contribution in [0.4, 0.5) is 0 Å². The molecule has 0 aliphatic rings. The average Bonchev–Trinajstić information content (AvgIpc) is 3.77. The van der Waals surface area contributed by atoms with Crippen molar-refractivity contribution < 1.29 is 0 Å². The van der Waals surface area contributed by atoms with E-state index >= 15 is 0 Å². The first-order valence-electron chi connectivity index (χ1n) is 18.3. The standard InChI is InChI=1S/C50H32N4/c1-3-15-34(16-4-1)43-32-44(52-50(51-43)37-27-26-33-14-7-8-17-35(33)30-37)36-18-13-21-39(31-36)53-46-25-12-10-23-42(46)48-47(53)29-28-41-40-22-9-11-24-45(40)54(49(41)48)38-19-5-2-6-20-38/h1-32H. The Labute approximate surface area is 311 Å². The van der Waals surface area contributed by atoms with Gasteiger partial charge in [0, 0.05) is 49.6 Å². The molecule has 4 heteroatoms. The lowest BCUT2D eigenvalue weighted by atomic mass is 10.0. The van der Waals surface area contributed by atoms with Gasteiger partial charge in [0.05, 0.1) is 33.5 Å². The lowest BCUT2D eigenvalue weighted by molar-refractivity contribution is 1.16. The topological polar surface area (TPSA) is 35.6 Å². The number of benzene rings is 8. The van der Waals surface area contributed by atoms with Crippen LogP contribution in [0.5, 0.6) is 0 Å². The van der Waals surface area contributed by atoms with Gasteiger partial charge in [0.15, 0.2) is 5.82 Å². The molecule has 4 nitrogen and oxygen atoms in total. The summed E-state index contributed by atoms with van der Waals surface area (Å²) < 4.78 is 4.84. The Bertz CT molecular complexity index is 3210. The predicted octanol–water partition coefficient (Wildman–Crippen LogP) is 12.8. The molecular formula is C50H32N4. The zero-order valence-electron chi connectivity index (χ0n) is 29.3. The first-order valence-corrected chi connectivity index (χ1v) is 18.3. The quantitative estimate of drug-likeness (QED) is 0.180. The van der Waals surface area contributed by atoms with Crippen LogP contribution in [-0.4, -0.2) is 19.1 Å². The van der Waals surface area contributed by atoms with E-state index in [1.54, 1.807) is 0 Å². The minimum atomic E-state index is 0.704. The zero-order valence-corrected chi connectivity index (χ0v) is 29.3. The van der Waals surface area contributed by atoms with E-state index in [-0.39, 0.29) is 0 Å². The maximum absolute atomic E-state index is 5.24. The fraction of sp³-hybridized carbons (Fsp3) is 0. The van der Waals surface area contributed by atoms with Gasteiger partial charge in [-0.1, -0.05) is 140 Å². The van der Waals surface area contributed by atoms with Gasteiger partial charge in [-0.2, -0.15) is 0 Å². The molecule has 8 aromatic carbocycles. The summed E-state index contributed by atoms with van der Waals surface area (Å²) in [7, 11) is 0. The van der Waals surface area contributed by atoms with E-state index in [0.717, 1.165) is 50.5 Å². The summed E-state index contributed by atoms with van der Waals surface area (Å²) in [5, 5.41) is 7.31. The Kier molecular flexibility index (Phi) is 6.82. The zero-order chi connectivity index (χ0) is 35.6. The maximum atomic E-state index is 5.24. The minimum Gasteiger partial charge on any atom is -0.309 e. The molecule has 0 atom stereocenters. The molecule has 0 bridgehead atoms. The normalized spacial score (nSPS) is 11.7. The number of nitrogens with zero attached hydrogens (tertiary/aromatic N) is 4. The second-order valence-electron chi connectivity index (χ2n) is 13.8. The summed E-state index contributed by atoms with van der Waals surface area (Å²) >= 11 is 0. The molecule has 252 valence electrons. The number of hydrogen-bond acceptors (Lipinski definition) is 2. The van der Waals surface area contributed by atoms with Crippen LogP contribution >= 0.6 is 0 Å². The smallest absolute Gasteiger partial charge is 0.160 e.